The lowest BCUT2D eigenvalue weighted by Crippen LogP contribution is -2.62. The van der Waals surface area contributed by atoms with Gasteiger partial charge in [-0.05, 0) is 25.3 Å². The highest BCUT2D eigenvalue weighted by Gasteiger charge is 2.49. The smallest absolute Gasteiger partial charge is 0.332 e. The molecule has 3 fully saturated rings. The predicted molar refractivity (Wildman–Crippen MR) is 119 cm³/mol. The Balaban J connectivity index is 1.72. The van der Waals surface area contributed by atoms with E-state index in [1.54, 1.807) is 0 Å². The summed E-state index contributed by atoms with van der Waals surface area (Å²) in [5.74, 6) is -1.50. The Hall–Kier alpha value is -1.66. The fraction of sp³-hybridized carbons (Fsp3) is 0.952. The van der Waals surface area contributed by atoms with E-state index in [4.69, 9.17) is 29.2 Å². The number of aliphatic carboxylic acids is 1. The molecule has 2 saturated heterocycles. The first-order chi connectivity index (χ1) is 17.6. The highest BCUT2D eigenvalue weighted by atomic mass is 16.7. The monoisotopic (exact) mass is 537 g/mol. The number of carbonyl (C=O) groups is 1. The summed E-state index contributed by atoms with van der Waals surface area (Å²) >= 11 is 0. The second kappa shape index (κ2) is 13.4. The molecule has 0 radical (unpaired) electrons. The zero-order valence-electron chi connectivity index (χ0n) is 20.2. The van der Waals surface area contributed by atoms with Crippen LogP contribution in [-0.2, 0) is 28.5 Å². The quantitative estimate of drug-likeness (QED) is 0.0884. The molecule has 1 aliphatic carbocycles. The van der Waals surface area contributed by atoms with Gasteiger partial charge in [-0.15, -0.1) is 0 Å². The van der Waals surface area contributed by atoms with Gasteiger partial charge in [-0.3, -0.25) is 0 Å². The second-order valence-electron chi connectivity index (χ2n) is 9.36. The van der Waals surface area contributed by atoms with Gasteiger partial charge in [0, 0.05) is 4.91 Å². The molecule has 16 heteroatoms. The van der Waals surface area contributed by atoms with E-state index < -0.39 is 98.8 Å². The molecule has 3 rings (SSSR count). The molecule has 2 aliphatic heterocycles. The van der Waals surface area contributed by atoms with Crippen LogP contribution in [0.25, 0.3) is 10.4 Å². The van der Waals surface area contributed by atoms with Gasteiger partial charge < -0.3 is 59.4 Å². The number of hydrogen-bond donors (Lipinski definition) is 7. The van der Waals surface area contributed by atoms with Gasteiger partial charge in [0.2, 0.25) is 0 Å². The summed E-state index contributed by atoms with van der Waals surface area (Å²) in [6, 6.07) is 0. The molecule has 16 nitrogen and oxygen atoms in total. The number of carboxylic acid groups (broad SMARTS) is 1. The standard InChI is InChI=1S/C21H35N3O13/c1-8-13(26)15(28)16(29)20(33-8)35-9-4-2-3-5-10(9)36-21-17(30)18(14(27)12(7-25)37-21)34-11(19(31)32)6-23-24-22/h8-18,20-21,25-30H,2-7H2,1H3,(H,31,32)/t8-,9+,10+,11-,12+,13+,14-,15+,16-,17+,18-,20-,21+/m0/s1. The van der Waals surface area contributed by atoms with Crippen molar-refractivity contribution in [1.29, 1.82) is 0 Å². The maximum Gasteiger partial charge on any atom is 0.332 e. The highest BCUT2D eigenvalue weighted by molar-refractivity contribution is 5.72. The van der Waals surface area contributed by atoms with E-state index in [2.05, 4.69) is 10.0 Å². The molecule has 0 bridgehead atoms. The first-order valence-corrected chi connectivity index (χ1v) is 12.1. The summed E-state index contributed by atoms with van der Waals surface area (Å²) in [6.45, 7) is 0.204. The van der Waals surface area contributed by atoms with Gasteiger partial charge in [0.25, 0.3) is 0 Å². The summed E-state index contributed by atoms with van der Waals surface area (Å²) in [6.07, 6.45) is -14.8. The Bertz CT molecular complexity index is 802. The Morgan fingerprint density at radius 1 is 0.973 bits per heavy atom. The maximum atomic E-state index is 11.5. The van der Waals surface area contributed by atoms with Gasteiger partial charge in [-0.25, -0.2) is 4.79 Å². The number of nitrogens with zero attached hydrogens (tertiary/aromatic N) is 3. The summed E-state index contributed by atoms with van der Waals surface area (Å²) in [5.41, 5.74) is 8.49. The van der Waals surface area contributed by atoms with E-state index in [-0.39, 0.29) is 0 Å². The Morgan fingerprint density at radius 2 is 1.57 bits per heavy atom. The van der Waals surface area contributed by atoms with Crippen molar-refractivity contribution < 1.29 is 64.2 Å². The van der Waals surface area contributed by atoms with Gasteiger partial charge in [0.1, 0.15) is 42.7 Å². The van der Waals surface area contributed by atoms with E-state index in [1.807, 2.05) is 0 Å². The molecule has 37 heavy (non-hydrogen) atoms. The van der Waals surface area contributed by atoms with Gasteiger partial charge in [-0.1, -0.05) is 18.0 Å². The number of hydrogen-bond acceptors (Lipinski definition) is 13. The van der Waals surface area contributed by atoms with Crippen LogP contribution in [0.3, 0.4) is 0 Å². The van der Waals surface area contributed by atoms with Crippen LogP contribution in [0, 0.1) is 0 Å². The van der Waals surface area contributed by atoms with Crippen LogP contribution in [0.4, 0.5) is 0 Å². The van der Waals surface area contributed by atoms with E-state index in [1.165, 1.54) is 6.92 Å². The summed E-state index contributed by atoms with van der Waals surface area (Å²) in [5, 5.41) is 73.9. The Labute approximate surface area is 211 Å². The topological polar surface area (TPSA) is 254 Å². The normalized spacial score (nSPS) is 43.5. The summed E-state index contributed by atoms with van der Waals surface area (Å²) in [7, 11) is 0. The first-order valence-electron chi connectivity index (χ1n) is 12.1. The molecule has 0 aromatic carbocycles. The Kier molecular flexibility index (Phi) is 10.8. The lowest BCUT2D eigenvalue weighted by molar-refractivity contribution is -0.344. The number of ether oxygens (including phenoxy) is 5. The van der Waals surface area contributed by atoms with E-state index >= 15 is 0 Å². The zero-order chi connectivity index (χ0) is 27.3. The highest BCUT2D eigenvalue weighted by Crippen LogP contribution is 2.33. The molecule has 212 valence electrons. The molecule has 0 amide bonds. The third kappa shape index (κ3) is 7.06. The average molecular weight is 538 g/mol. The molecule has 0 spiro atoms. The molecule has 2 heterocycles. The van der Waals surface area contributed by atoms with E-state index in [9.17, 15) is 40.5 Å². The summed E-state index contributed by atoms with van der Waals surface area (Å²) < 4.78 is 28.3. The number of rotatable bonds is 10. The van der Waals surface area contributed by atoms with E-state index in [0.717, 1.165) is 12.8 Å². The van der Waals surface area contributed by atoms with Crippen molar-refractivity contribution in [3.63, 3.8) is 0 Å². The second-order valence-corrected chi connectivity index (χ2v) is 9.36. The molecule has 0 unspecified atom stereocenters. The predicted octanol–water partition coefficient (Wildman–Crippen LogP) is -2.25. The molecule has 7 N–H and O–H groups in total. The number of azide groups is 1. The largest absolute Gasteiger partial charge is 0.479 e. The van der Waals surface area contributed by atoms with Crippen LogP contribution >= 0.6 is 0 Å². The van der Waals surface area contributed by atoms with Gasteiger partial charge in [-0.2, -0.15) is 0 Å². The summed E-state index contributed by atoms with van der Waals surface area (Å²) in [4.78, 5) is 14.0. The minimum absolute atomic E-state index is 0.438. The van der Waals surface area contributed by atoms with Crippen LogP contribution in [-0.4, -0.2) is 135 Å². The number of aliphatic hydroxyl groups is 6. The molecular formula is C21H35N3O13. The van der Waals surface area contributed by atoms with Gasteiger partial charge >= 0.3 is 5.97 Å². The van der Waals surface area contributed by atoms with Crippen LogP contribution in [0.15, 0.2) is 5.11 Å². The van der Waals surface area contributed by atoms with Crippen molar-refractivity contribution >= 4 is 5.97 Å². The van der Waals surface area contributed by atoms with Crippen LogP contribution in [0.2, 0.25) is 0 Å². The van der Waals surface area contributed by atoms with Crippen molar-refractivity contribution in [3.05, 3.63) is 10.4 Å². The van der Waals surface area contributed by atoms with E-state index in [0.29, 0.717) is 12.8 Å². The minimum Gasteiger partial charge on any atom is -0.479 e. The van der Waals surface area contributed by atoms with Crippen molar-refractivity contribution in [2.24, 2.45) is 5.11 Å². The fourth-order valence-electron chi connectivity index (χ4n) is 4.65. The van der Waals surface area contributed by atoms with Crippen molar-refractivity contribution in [2.45, 2.75) is 112 Å². The lowest BCUT2D eigenvalue weighted by Gasteiger charge is -2.45. The number of aliphatic hydroxyl groups excluding tert-OH is 6. The SMILES string of the molecule is C[C@@H]1O[C@@H](O[C@@H]2CCCC[C@H]2O[C@@H]2O[C@H](CO)[C@H](O)[C@H](O[C@@H](CN=[N+]=[N-])C(=O)O)[C@H]2O)[C@@H](O)[C@H](O)[C@@H]1O. The first kappa shape index (κ1) is 29.9. The fourth-order valence-corrected chi connectivity index (χ4v) is 4.65. The average Bonchev–Trinajstić information content (AvgIpc) is 2.87. The zero-order valence-corrected chi connectivity index (χ0v) is 20.2. The lowest BCUT2D eigenvalue weighted by atomic mass is 9.93. The third-order valence-corrected chi connectivity index (χ3v) is 6.80. The minimum atomic E-state index is -1.71. The van der Waals surface area contributed by atoms with Crippen molar-refractivity contribution in [1.82, 2.24) is 0 Å². The van der Waals surface area contributed by atoms with Crippen LogP contribution < -0.4 is 0 Å². The van der Waals surface area contributed by atoms with Crippen molar-refractivity contribution in [3.8, 4) is 0 Å². The van der Waals surface area contributed by atoms with Gasteiger partial charge in [0.15, 0.2) is 18.7 Å². The molecular weight excluding hydrogens is 502 g/mol. The third-order valence-electron chi connectivity index (χ3n) is 6.80. The van der Waals surface area contributed by atoms with Gasteiger partial charge in [0.05, 0.1) is 31.5 Å². The Morgan fingerprint density at radius 3 is 2.11 bits per heavy atom. The van der Waals surface area contributed by atoms with Crippen molar-refractivity contribution in [2.75, 3.05) is 13.2 Å². The maximum absolute atomic E-state index is 11.5. The van der Waals surface area contributed by atoms with Crippen LogP contribution in [0.5, 0.6) is 0 Å². The molecule has 13 atom stereocenters. The van der Waals surface area contributed by atoms with Crippen LogP contribution in [0.1, 0.15) is 32.6 Å². The number of carboxylic acids is 1. The molecule has 0 aromatic heterocycles. The molecule has 3 aliphatic rings. The molecule has 1 saturated carbocycles. The molecule has 0 aromatic rings.